The Bertz CT molecular complexity index is 1280. The van der Waals surface area contributed by atoms with Crippen molar-refractivity contribution >= 4 is 21.8 Å². The van der Waals surface area contributed by atoms with Crippen LogP contribution in [0.4, 0.5) is 0 Å². The number of sulfone groups is 1. The third-order valence-electron chi connectivity index (χ3n) is 6.74. The predicted octanol–water partition coefficient (Wildman–Crippen LogP) is 1.47. The second-order valence-electron chi connectivity index (χ2n) is 9.00. The maximum Gasteiger partial charge on any atom is 0.246 e. The summed E-state index contributed by atoms with van der Waals surface area (Å²) in [5.74, 6) is 0.557. The summed E-state index contributed by atoms with van der Waals surface area (Å²) >= 11 is 0. The van der Waals surface area contributed by atoms with Gasteiger partial charge in [-0.25, -0.2) is 13.1 Å². The lowest BCUT2D eigenvalue weighted by Crippen LogP contribution is -3.18. The van der Waals surface area contributed by atoms with Gasteiger partial charge >= 0.3 is 0 Å². The maximum absolute atomic E-state index is 12.9. The van der Waals surface area contributed by atoms with E-state index >= 15 is 0 Å². The van der Waals surface area contributed by atoms with Gasteiger partial charge in [-0.2, -0.15) is 5.10 Å². The standard InChI is InChI=1S/C26H28N4O3S/c31-25(29-16-14-28(15-17-29)24-13-18-34(32,33)20-24)12-11-22-19-30(23-9-5-2-6-10-23)27-26(22)21-7-3-1-4-8-21/h1-12,19,24H,13-18,20H2/p+1. The highest BCUT2D eigenvalue weighted by molar-refractivity contribution is 7.91. The van der Waals surface area contributed by atoms with Crippen LogP contribution in [0.3, 0.4) is 0 Å². The van der Waals surface area contributed by atoms with E-state index in [9.17, 15) is 13.2 Å². The van der Waals surface area contributed by atoms with Crippen LogP contribution in [0.15, 0.2) is 72.9 Å². The van der Waals surface area contributed by atoms with Crippen molar-refractivity contribution in [2.75, 3.05) is 37.7 Å². The summed E-state index contributed by atoms with van der Waals surface area (Å²) in [7, 11) is -2.88. The van der Waals surface area contributed by atoms with Crippen LogP contribution in [0, 0.1) is 0 Å². The Hall–Kier alpha value is -3.23. The van der Waals surface area contributed by atoms with Gasteiger partial charge in [0.15, 0.2) is 9.84 Å². The van der Waals surface area contributed by atoms with Crippen LogP contribution >= 0.6 is 0 Å². The minimum atomic E-state index is -2.88. The predicted molar refractivity (Wildman–Crippen MR) is 132 cm³/mol. The van der Waals surface area contributed by atoms with Crippen molar-refractivity contribution in [1.82, 2.24) is 14.7 Å². The molecule has 3 aromatic rings. The lowest BCUT2D eigenvalue weighted by molar-refractivity contribution is -0.925. The maximum atomic E-state index is 12.9. The van der Waals surface area contributed by atoms with Crippen molar-refractivity contribution in [1.29, 1.82) is 0 Å². The fourth-order valence-electron chi connectivity index (χ4n) is 4.85. The molecule has 0 aliphatic carbocycles. The number of aromatic nitrogens is 2. The third-order valence-corrected chi connectivity index (χ3v) is 8.51. The molecule has 0 spiro atoms. The van der Waals surface area contributed by atoms with E-state index < -0.39 is 9.84 Å². The number of hydrogen-bond donors (Lipinski definition) is 1. The highest BCUT2D eigenvalue weighted by Gasteiger charge is 2.37. The first-order valence-corrected chi connectivity index (χ1v) is 13.5. The molecule has 176 valence electrons. The number of piperazine rings is 1. The summed E-state index contributed by atoms with van der Waals surface area (Å²) in [6.07, 6.45) is 6.16. The van der Waals surface area contributed by atoms with E-state index in [0.717, 1.165) is 42.0 Å². The van der Waals surface area contributed by atoms with Gasteiger partial charge in [-0.1, -0.05) is 48.5 Å². The molecule has 1 unspecified atom stereocenters. The van der Waals surface area contributed by atoms with Gasteiger partial charge in [-0.15, -0.1) is 0 Å². The second-order valence-corrected chi connectivity index (χ2v) is 11.2. The topological polar surface area (TPSA) is 76.7 Å². The van der Waals surface area contributed by atoms with E-state index in [0.29, 0.717) is 18.8 Å². The number of nitrogens with zero attached hydrogens (tertiary/aromatic N) is 3. The third kappa shape index (κ3) is 4.98. The average molecular weight is 478 g/mol. The van der Waals surface area contributed by atoms with Crippen LogP contribution in [-0.4, -0.2) is 72.7 Å². The van der Waals surface area contributed by atoms with E-state index in [1.165, 1.54) is 4.90 Å². The minimum Gasteiger partial charge on any atom is -0.329 e. The van der Waals surface area contributed by atoms with Gasteiger partial charge in [0, 0.05) is 29.8 Å². The molecule has 1 aromatic heterocycles. The Kier molecular flexibility index (Phi) is 6.34. The zero-order valence-corrected chi connectivity index (χ0v) is 19.8. The molecule has 2 aromatic carbocycles. The Labute approximate surface area is 200 Å². The van der Waals surface area contributed by atoms with Crippen molar-refractivity contribution in [2.24, 2.45) is 0 Å². The molecule has 1 N–H and O–H groups in total. The zero-order valence-electron chi connectivity index (χ0n) is 19.0. The smallest absolute Gasteiger partial charge is 0.246 e. The number of benzene rings is 2. The highest BCUT2D eigenvalue weighted by Crippen LogP contribution is 2.24. The molecule has 0 radical (unpaired) electrons. The van der Waals surface area contributed by atoms with Gasteiger partial charge in [0.25, 0.3) is 0 Å². The second kappa shape index (κ2) is 9.56. The number of hydrogen-bond acceptors (Lipinski definition) is 4. The average Bonchev–Trinajstić information content (AvgIpc) is 3.47. The van der Waals surface area contributed by atoms with Crippen LogP contribution < -0.4 is 4.90 Å². The molecule has 2 fully saturated rings. The Morgan fingerprint density at radius 3 is 2.32 bits per heavy atom. The molecule has 7 nitrogen and oxygen atoms in total. The molecular formula is C26H29N4O3S+. The molecule has 0 saturated carbocycles. The number of amides is 1. The van der Waals surface area contributed by atoms with Crippen molar-refractivity contribution < 1.29 is 18.1 Å². The largest absolute Gasteiger partial charge is 0.329 e. The quantitative estimate of drug-likeness (QED) is 0.565. The summed E-state index contributed by atoms with van der Waals surface area (Å²) in [4.78, 5) is 16.1. The van der Waals surface area contributed by atoms with Gasteiger partial charge < -0.3 is 9.80 Å². The van der Waals surface area contributed by atoms with Crippen molar-refractivity contribution in [2.45, 2.75) is 12.5 Å². The molecule has 1 amide bonds. The molecule has 0 bridgehead atoms. The van der Waals surface area contributed by atoms with Gasteiger partial charge in [-0.3, -0.25) is 4.79 Å². The van der Waals surface area contributed by atoms with Crippen molar-refractivity contribution in [3.8, 4) is 16.9 Å². The summed E-state index contributed by atoms with van der Waals surface area (Å²) in [6.45, 7) is 2.87. The number of quaternary nitrogens is 1. The van der Waals surface area contributed by atoms with Crippen molar-refractivity contribution in [3.63, 3.8) is 0 Å². The first-order valence-electron chi connectivity index (χ1n) is 11.7. The molecule has 34 heavy (non-hydrogen) atoms. The van der Waals surface area contributed by atoms with E-state index in [2.05, 4.69) is 0 Å². The molecule has 3 heterocycles. The fraction of sp³-hybridized carbons (Fsp3) is 0.308. The molecule has 1 atom stereocenters. The van der Waals surface area contributed by atoms with E-state index in [4.69, 9.17) is 5.10 Å². The van der Waals surface area contributed by atoms with Crippen LogP contribution in [0.5, 0.6) is 0 Å². The number of rotatable bonds is 5. The van der Waals surface area contributed by atoms with Crippen LogP contribution in [0.2, 0.25) is 0 Å². The summed E-state index contributed by atoms with van der Waals surface area (Å²) < 4.78 is 25.4. The number of para-hydroxylation sites is 1. The lowest BCUT2D eigenvalue weighted by Gasteiger charge is -2.34. The Morgan fingerprint density at radius 1 is 1.00 bits per heavy atom. The van der Waals surface area contributed by atoms with Crippen LogP contribution in [-0.2, 0) is 14.6 Å². The Morgan fingerprint density at radius 2 is 1.68 bits per heavy atom. The van der Waals surface area contributed by atoms with Gasteiger partial charge in [0.1, 0.15) is 11.8 Å². The molecular weight excluding hydrogens is 448 g/mol. The number of nitrogens with one attached hydrogen (secondary N) is 1. The van der Waals surface area contributed by atoms with Crippen LogP contribution in [0.1, 0.15) is 12.0 Å². The molecule has 2 aliphatic rings. The van der Waals surface area contributed by atoms with Crippen molar-refractivity contribution in [3.05, 3.63) is 78.5 Å². The SMILES string of the molecule is O=C(C=Cc1cn(-c2ccccc2)nc1-c1ccccc1)N1CC[NH+](C2CCS(=O)(=O)C2)CC1. The lowest BCUT2D eigenvalue weighted by atomic mass is 10.1. The Balaban J connectivity index is 1.30. The highest BCUT2D eigenvalue weighted by atomic mass is 32.2. The van der Waals surface area contributed by atoms with E-state index in [1.807, 2.05) is 82.5 Å². The van der Waals surface area contributed by atoms with Gasteiger partial charge in [0.05, 0.1) is 43.3 Å². The first-order chi connectivity index (χ1) is 16.5. The summed E-state index contributed by atoms with van der Waals surface area (Å²) in [5.41, 5.74) is 3.65. The monoisotopic (exact) mass is 477 g/mol. The molecule has 2 aliphatic heterocycles. The summed E-state index contributed by atoms with van der Waals surface area (Å²) in [6, 6.07) is 20.0. The van der Waals surface area contributed by atoms with E-state index in [1.54, 1.807) is 6.08 Å². The number of carbonyl (C=O) groups excluding carboxylic acids is 1. The molecule has 8 heteroatoms. The minimum absolute atomic E-state index is 0.0235. The first kappa shape index (κ1) is 22.6. The normalized spacial score (nSPS) is 20.7. The van der Waals surface area contributed by atoms with Crippen LogP contribution in [0.25, 0.3) is 23.0 Å². The molecule has 2 saturated heterocycles. The fourth-order valence-corrected chi connectivity index (χ4v) is 6.67. The summed E-state index contributed by atoms with van der Waals surface area (Å²) in [5, 5.41) is 4.79. The molecule has 5 rings (SSSR count). The zero-order chi connectivity index (χ0) is 23.5. The number of carbonyl (C=O) groups is 1. The van der Waals surface area contributed by atoms with E-state index in [-0.39, 0.29) is 17.7 Å². The van der Waals surface area contributed by atoms with Gasteiger partial charge in [0.2, 0.25) is 5.91 Å². The van der Waals surface area contributed by atoms with Gasteiger partial charge in [-0.05, 0) is 18.2 Å².